The molecule has 0 aliphatic heterocycles. The SMILES string of the molecule is Cc1ccc(Cn2nc(C(=O)N[C@H]3C4(C)CCC(C4)C3(C)C)cc2-c2ccc(Cl)c(C)c2)cc1. The van der Waals surface area contributed by atoms with Crippen LogP contribution < -0.4 is 5.32 Å². The molecule has 2 saturated carbocycles. The van der Waals surface area contributed by atoms with Crippen molar-refractivity contribution in [1.29, 1.82) is 0 Å². The highest BCUT2D eigenvalue weighted by Gasteiger charge is 2.59. The molecule has 0 saturated heterocycles. The second kappa shape index (κ2) is 8.27. The molecule has 1 aromatic heterocycles. The number of aromatic nitrogens is 2. The lowest BCUT2D eigenvalue weighted by Gasteiger charge is -2.42. The van der Waals surface area contributed by atoms with Crippen molar-refractivity contribution in [3.63, 3.8) is 0 Å². The predicted molar refractivity (Wildman–Crippen MR) is 138 cm³/mol. The number of benzene rings is 2. The normalized spacial score (nSPS) is 25.0. The van der Waals surface area contributed by atoms with Gasteiger partial charge < -0.3 is 5.32 Å². The van der Waals surface area contributed by atoms with E-state index in [0.717, 1.165) is 27.4 Å². The van der Waals surface area contributed by atoms with Gasteiger partial charge in [0.05, 0.1) is 12.2 Å². The van der Waals surface area contributed by atoms with E-state index in [2.05, 4.69) is 63.3 Å². The summed E-state index contributed by atoms with van der Waals surface area (Å²) < 4.78 is 1.94. The van der Waals surface area contributed by atoms with Crippen molar-refractivity contribution in [3.05, 3.63) is 75.9 Å². The van der Waals surface area contributed by atoms with Crippen LogP contribution in [-0.2, 0) is 6.54 Å². The first-order valence-corrected chi connectivity index (χ1v) is 12.7. The monoisotopic (exact) mass is 475 g/mol. The molecular formula is C29H34ClN3O. The van der Waals surface area contributed by atoms with Crippen LogP contribution in [0.25, 0.3) is 11.3 Å². The van der Waals surface area contributed by atoms with Crippen molar-refractivity contribution in [2.45, 2.75) is 66.5 Å². The summed E-state index contributed by atoms with van der Waals surface area (Å²) in [5.41, 5.74) is 6.04. The maximum Gasteiger partial charge on any atom is 0.272 e. The Labute approximate surface area is 207 Å². The van der Waals surface area contributed by atoms with Gasteiger partial charge in [0, 0.05) is 16.6 Å². The van der Waals surface area contributed by atoms with Gasteiger partial charge in [0.2, 0.25) is 0 Å². The summed E-state index contributed by atoms with van der Waals surface area (Å²) in [6, 6.07) is 16.5. The molecule has 2 aliphatic carbocycles. The zero-order chi connectivity index (χ0) is 24.3. The van der Waals surface area contributed by atoms with Gasteiger partial charge in [-0.2, -0.15) is 5.10 Å². The Hall–Kier alpha value is -2.59. The molecule has 1 heterocycles. The van der Waals surface area contributed by atoms with Crippen LogP contribution in [0.5, 0.6) is 0 Å². The maximum atomic E-state index is 13.5. The van der Waals surface area contributed by atoms with Crippen LogP contribution in [0, 0.1) is 30.6 Å². The average molecular weight is 476 g/mol. The third-order valence-corrected chi connectivity index (χ3v) is 8.89. The Bertz CT molecular complexity index is 1240. The lowest BCUT2D eigenvalue weighted by molar-refractivity contribution is 0.0732. The standard InChI is InChI=1S/C29H34ClN3O/c1-18-6-8-20(9-7-18)17-33-25(21-10-11-23(30)19(2)14-21)15-24(32-33)26(34)31-27-28(3,4)22-12-13-29(27,5)16-22/h6-11,14-15,22,27H,12-13,16-17H2,1-5H3,(H,31,34)/t22?,27-,29?/m1/s1. The average Bonchev–Trinajstić information content (AvgIpc) is 3.44. The minimum Gasteiger partial charge on any atom is -0.347 e. The fourth-order valence-electron chi connectivity index (χ4n) is 6.42. The first-order chi connectivity index (χ1) is 16.1. The van der Waals surface area contributed by atoms with Crippen LogP contribution in [0.3, 0.4) is 0 Å². The number of nitrogens with zero attached hydrogens (tertiary/aromatic N) is 2. The van der Waals surface area contributed by atoms with Crippen LogP contribution >= 0.6 is 11.6 Å². The Balaban J connectivity index is 1.49. The molecule has 5 rings (SSSR count). The Morgan fingerprint density at radius 2 is 1.85 bits per heavy atom. The number of hydrogen-bond acceptors (Lipinski definition) is 2. The van der Waals surface area contributed by atoms with Gasteiger partial charge in [0.15, 0.2) is 5.69 Å². The first-order valence-electron chi connectivity index (χ1n) is 12.3. The number of fused-ring (bicyclic) bond motifs is 2. The summed E-state index contributed by atoms with van der Waals surface area (Å²) in [4.78, 5) is 13.5. The van der Waals surface area contributed by atoms with Crippen LogP contribution in [0.15, 0.2) is 48.5 Å². The predicted octanol–water partition coefficient (Wildman–Crippen LogP) is 6.81. The Morgan fingerprint density at radius 1 is 1.12 bits per heavy atom. The molecule has 2 fully saturated rings. The number of carbonyl (C=O) groups is 1. The number of nitrogens with one attached hydrogen (secondary N) is 1. The molecule has 2 bridgehead atoms. The molecule has 0 spiro atoms. The minimum absolute atomic E-state index is 0.0820. The first kappa shape index (κ1) is 23.2. The zero-order valence-corrected chi connectivity index (χ0v) is 21.5. The van der Waals surface area contributed by atoms with E-state index in [9.17, 15) is 4.79 Å². The molecule has 3 aromatic rings. The largest absolute Gasteiger partial charge is 0.347 e. The summed E-state index contributed by atoms with van der Waals surface area (Å²) in [6.45, 7) is 11.6. The number of carbonyl (C=O) groups excluding carboxylic acids is 1. The lowest BCUT2D eigenvalue weighted by Crippen LogP contribution is -2.52. The third-order valence-electron chi connectivity index (χ3n) is 8.46. The summed E-state index contributed by atoms with van der Waals surface area (Å²) >= 11 is 6.29. The van der Waals surface area contributed by atoms with E-state index in [-0.39, 0.29) is 22.8 Å². The molecule has 34 heavy (non-hydrogen) atoms. The van der Waals surface area contributed by atoms with Crippen molar-refractivity contribution in [3.8, 4) is 11.3 Å². The molecule has 0 radical (unpaired) electrons. The quantitative estimate of drug-likeness (QED) is 0.440. The molecule has 2 aliphatic rings. The number of halogens is 1. The van der Waals surface area contributed by atoms with Gasteiger partial charge in [-0.3, -0.25) is 9.48 Å². The van der Waals surface area contributed by atoms with Crippen LogP contribution in [0.2, 0.25) is 5.02 Å². The number of amides is 1. The molecule has 2 unspecified atom stereocenters. The van der Waals surface area contributed by atoms with Gasteiger partial charge in [-0.15, -0.1) is 0 Å². The number of aryl methyl sites for hydroxylation is 2. The summed E-state index contributed by atoms with van der Waals surface area (Å²) in [5, 5.41) is 8.94. The summed E-state index contributed by atoms with van der Waals surface area (Å²) in [5.74, 6) is 0.593. The van der Waals surface area contributed by atoms with Crippen molar-refractivity contribution in [2.24, 2.45) is 16.7 Å². The van der Waals surface area contributed by atoms with E-state index < -0.39 is 0 Å². The van der Waals surface area contributed by atoms with E-state index in [0.29, 0.717) is 18.2 Å². The maximum absolute atomic E-state index is 13.5. The van der Waals surface area contributed by atoms with Gasteiger partial charge >= 0.3 is 0 Å². The van der Waals surface area contributed by atoms with E-state index in [1.54, 1.807) is 0 Å². The molecule has 4 nitrogen and oxygen atoms in total. The molecule has 1 N–H and O–H groups in total. The third kappa shape index (κ3) is 3.96. The van der Waals surface area contributed by atoms with Crippen molar-refractivity contribution in [2.75, 3.05) is 0 Å². The second-order valence-electron chi connectivity index (χ2n) is 11.3. The Morgan fingerprint density at radius 3 is 2.50 bits per heavy atom. The van der Waals surface area contributed by atoms with Gasteiger partial charge in [0.1, 0.15) is 0 Å². The van der Waals surface area contributed by atoms with Crippen LogP contribution in [0.4, 0.5) is 0 Å². The fraction of sp³-hybridized carbons (Fsp3) is 0.448. The highest BCUT2D eigenvalue weighted by Crippen LogP contribution is 2.62. The van der Waals surface area contributed by atoms with Crippen LogP contribution in [0.1, 0.15) is 67.2 Å². The lowest BCUT2D eigenvalue weighted by atomic mass is 9.68. The van der Waals surface area contributed by atoms with Gasteiger partial charge in [-0.05, 0) is 79.2 Å². The molecule has 5 heteroatoms. The topological polar surface area (TPSA) is 46.9 Å². The van der Waals surface area contributed by atoms with E-state index in [4.69, 9.17) is 16.7 Å². The van der Waals surface area contributed by atoms with Crippen molar-refractivity contribution >= 4 is 17.5 Å². The number of hydrogen-bond donors (Lipinski definition) is 1. The highest BCUT2D eigenvalue weighted by atomic mass is 35.5. The van der Waals surface area contributed by atoms with E-state index in [1.807, 2.05) is 29.8 Å². The van der Waals surface area contributed by atoms with Gasteiger partial charge in [0.25, 0.3) is 5.91 Å². The number of rotatable bonds is 5. The van der Waals surface area contributed by atoms with Crippen molar-refractivity contribution in [1.82, 2.24) is 15.1 Å². The fourth-order valence-corrected chi connectivity index (χ4v) is 6.54. The zero-order valence-electron chi connectivity index (χ0n) is 20.8. The van der Waals surface area contributed by atoms with Gasteiger partial charge in [-0.25, -0.2) is 0 Å². The van der Waals surface area contributed by atoms with Crippen molar-refractivity contribution < 1.29 is 4.79 Å². The molecule has 178 valence electrons. The van der Waals surface area contributed by atoms with E-state index >= 15 is 0 Å². The van der Waals surface area contributed by atoms with Crippen LogP contribution in [-0.4, -0.2) is 21.7 Å². The molecule has 3 atom stereocenters. The molecule has 2 aromatic carbocycles. The van der Waals surface area contributed by atoms with Gasteiger partial charge in [-0.1, -0.05) is 68.3 Å². The smallest absolute Gasteiger partial charge is 0.272 e. The summed E-state index contributed by atoms with van der Waals surface area (Å²) in [7, 11) is 0. The highest BCUT2D eigenvalue weighted by molar-refractivity contribution is 6.31. The Kier molecular flexibility index (Phi) is 5.63. The van der Waals surface area contributed by atoms with E-state index in [1.165, 1.54) is 24.8 Å². The molecule has 1 amide bonds. The second-order valence-corrected chi connectivity index (χ2v) is 11.8. The minimum atomic E-state index is -0.0820. The summed E-state index contributed by atoms with van der Waals surface area (Å²) in [6.07, 6.45) is 3.65. The molecular weight excluding hydrogens is 442 g/mol.